The first-order valence-corrected chi connectivity index (χ1v) is 8.66. The Morgan fingerprint density at radius 2 is 2.21 bits per heavy atom. The third-order valence-electron chi connectivity index (χ3n) is 4.69. The van der Waals surface area contributed by atoms with Gasteiger partial charge in [0.05, 0.1) is 18.5 Å². The highest BCUT2D eigenvalue weighted by atomic mass is 32.2. The summed E-state index contributed by atoms with van der Waals surface area (Å²) in [4.78, 5) is 5.29. The van der Waals surface area contributed by atoms with E-state index in [4.69, 9.17) is 4.74 Å². The lowest BCUT2D eigenvalue weighted by molar-refractivity contribution is -0.914. The van der Waals surface area contributed by atoms with Crippen molar-refractivity contribution in [3.05, 3.63) is 0 Å². The van der Waals surface area contributed by atoms with E-state index >= 15 is 0 Å². The Balaban J connectivity index is 1.46. The van der Waals surface area contributed by atoms with Crippen molar-refractivity contribution in [2.45, 2.75) is 37.5 Å². The quantitative estimate of drug-likeness (QED) is 0.575. The van der Waals surface area contributed by atoms with E-state index in [1.54, 1.807) is 4.90 Å². The maximum Gasteiger partial charge on any atom is 0.304 e. The zero-order valence-corrected chi connectivity index (χ0v) is 12.7. The van der Waals surface area contributed by atoms with Crippen LogP contribution in [0.2, 0.25) is 0 Å². The number of amidine groups is 1. The van der Waals surface area contributed by atoms with Crippen molar-refractivity contribution in [3.8, 4) is 0 Å². The summed E-state index contributed by atoms with van der Waals surface area (Å²) in [5, 5.41) is 5.85. The fourth-order valence-electron chi connectivity index (χ4n) is 3.43. The molecule has 3 N–H and O–H groups in total. The third kappa shape index (κ3) is 3.44. The van der Waals surface area contributed by atoms with Gasteiger partial charge in [0.1, 0.15) is 32.2 Å². The fraction of sp³-hybridized carbons (Fsp3) is 0.929. The number of hydrogen-bond acceptors (Lipinski definition) is 2. The molecule has 3 atom stereocenters. The van der Waals surface area contributed by atoms with Crippen molar-refractivity contribution < 1.29 is 14.6 Å². The highest BCUT2D eigenvalue weighted by molar-refractivity contribution is 8.14. The first-order valence-electron chi connectivity index (χ1n) is 7.78. The molecule has 0 amide bonds. The molecule has 3 fully saturated rings. The van der Waals surface area contributed by atoms with Gasteiger partial charge in [-0.25, -0.2) is 0 Å². The van der Waals surface area contributed by atoms with Crippen molar-refractivity contribution in [3.63, 3.8) is 0 Å². The fourth-order valence-corrected chi connectivity index (χ4v) is 4.89. The van der Waals surface area contributed by atoms with E-state index < -0.39 is 0 Å². The van der Waals surface area contributed by atoms with Gasteiger partial charge in [-0.2, -0.15) is 0 Å². The van der Waals surface area contributed by atoms with Crippen LogP contribution in [0.15, 0.2) is 0 Å². The van der Waals surface area contributed by atoms with Crippen LogP contribution in [0.25, 0.3) is 0 Å². The molecular weight excluding hydrogens is 258 g/mol. The molecule has 2 saturated heterocycles. The van der Waals surface area contributed by atoms with Crippen LogP contribution < -0.4 is 15.2 Å². The number of thioether (sulfide) groups is 1. The highest BCUT2D eigenvalue weighted by Gasteiger charge is 2.42. The number of ether oxygens (including phenoxy) is 1. The standard InChI is InChI=1S/C14H25N3OS/c1-11-3-2-4-12-13(11)16-14(19-12)15-5-6-17-7-9-18-10-8-17/h11-13H,2-10H2,1H3,(H,15,16)/p+2. The first kappa shape index (κ1) is 13.7. The van der Waals surface area contributed by atoms with Crippen molar-refractivity contribution >= 4 is 16.9 Å². The van der Waals surface area contributed by atoms with E-state index in [0.717, 1.165) is 30.9 Å². The van der Waals surface area contributed by atoms with Gasteiger partial charge >= 0.3 is 5.17 Å². The summed E-state index contributed by atoms with van der Waals surface area (Å²) in [7, 11) is 0. The SMILES string of the molecule is CC1CCCC2SC(=[NH+]CC[NH+]3CCOCC3)NC12. The van der Waals surface area contributed by atoms with E-state index in [1.807, 2.05) is 11.8 Å². The van der Waals surface area contributed by atoms with Gasteiger partial charge in [-0.3, -0.25) is 10.3 Å². The van der Waals surface area contributed by atoms with Gasteiger partial charge in [0.2, 0.25) is 0 Å². The van der Waals surface area contributed by atoms with Gasteiger partial charge in [-0.15, -0.1) is 0 Å². The molecule has 5 heteroatoms. The zero-order chi connectivity index (χ0) is 13.1. The topological polar surface area (TPSA) is 39.7 Å². The molecule has 2 heterocycles. The Bertz CT molecular complexity index is 331. The number of morpholine rings is 1. The van der Waals surface area contributed by atoms with Crippen LogP contribution in [0.5, 0.6) is 0 Å². The number of quaternary nitrogens is 1. The maximum absolute atomic E-state index is 5.39. The van der Waals surface area contributed by atoms with Gasteiger partial charge < -0.3 is 9.64 Å². The van der Waals surface area contributed by atoms with Crippen LogP contribution in [0.1, 0.15) is 26.2 Å². The molecule has 4 nitrogen and oxygen atoms in total. The van der Waals surface area contributed by atoms with Crippen molar-refractivity contribution in [2.24, 2.45) is 5.92 Å². The molecule has 3 aliphatic rings. The molecule has 0 aromatic carbocycles. The summed E-state index contributed by atoms with van der Waals surface area (Å²) in [6.45, 7) is 8.88. The van der Waals surface area contributed by atoms with Crippen LogP contribution in [0, 0.1) is 5.92 Å². The number of hydrogen-bond donors (Lipinski definition) is 3. The normalized spacial score (nSPS) is 38.2. The van der Waals surface area contributed by atoms with Crippen molar-refractivity contribution in [1.82, 2.24) is 5.32 Å². The minimum atomic E-state index is 0.706. The molecule has 2 aliphatic heterocycles. The van der Waals surface area contributed by atoms with Crippen molar-refractivity contribution in [1.29, 1.82) is 0 Å². The van der Waals surface area contributed by atoms with Gasteiger partial charge in [0.15, 0.2) is 0 Å². The van der Waals surface area contributed by atoms with E-state index in [9.17, 15) is 0 Å². The number of rotatable bonds is 3. The van der Waals surface area contributed by atoms with Crippen LogP contribution in [0.4, 0.5) is 0 Å². The summed E-state index contributed by atoms with van der Waals surface area (Å²) in [5.41, 5.74) is 0. The molecule has 0 radical (unpaired) electrons. The van der Waals surface area contributed by atoms with Crippen LogP contribution >= 0.6 is 11.8 Å². The van der Waals surface area contributed by atoms with Gasteiger partial charge in [0.25, 0.3) is 0 Å². The minimum Gasteiger partial charge on any atom is -0.370 e. The highest BCUT2D eigenvalue weighted by Crippen LogP contribution is 2.36. The zero-order valence-electron chi connectivity index (χ0n) is 11.9. The molecule has 0 spiro atoms. The second-order valence-electron chi connectivity index (χ2n) is 6.10. The lowest BCUT2D eigenvalue weighted by Crippen LogP contribution is -3.15. The largest absolute Gasteiger partial charge is 0.370 e. The van der Waals surface area contributed by atoms with Gasteiger partial charge in [-0.1, -0.05) is 13.3 Å². The Kier molecular flexibility index (Phi) is 4.66. The Labute approximate surface area is 120 Å². The van der Waals surface area contributed by atoms with Crippen LogP contribution in [-0.4, -0.2) is 55.9 Å². The molecule has 3 unspecified atom stereocenters. The molecule has 0 aromatic heterocycles. The third-order valence-corrected chi connectivity index (χ3v) is 6.02. The first-order chi connectivity index (χ1) is 9.33. The molecule has 19 heavy (non-hydrogen) atoms. The minimum absolute atomic E-state index is 0.706. The second-order valence-corrected chi connectivity index (χ2v) is 7.35. The van der Waals surface area contributed by atoms with E-state index in [2.05, 4.69) is 17.2 Å². The average molecular weight is 285 g/mol. The second kappa shape index (κ2) is 6.46. The Morgan fingerprint density at radius 3 is 3.00 bits per heavy atom. The van der Waals surface area contributed by atoms with E-state index in [0.29, 0.717) is 6.04 Å². The summed E-state index contributed by atoms with van der Waals surface area (Å²) < 4.78 is 5.39. The molecular formula is C14H27N3OS+2. The monoisotopic (exact) mass is 285 g/mol. The number of nitrogens with one attached hydrogen (secondary N) is 3. The average Bonchev–Trinajstić information content (AvgIpc) is 2.84. The number of fused-ring (bicyclic) bond motifs is 1. The molecule has 1 saturated carbocycles. The van der Waals surface area contributed by atoms with Crippen molar-refractivity contribution in [2.75, 3.05) is 39.4 Å². The molecule has 3 rings (SSSR count). The summed E-state index contributed by atoms with van der Waals surface area (Å²) in [5.74, 6) is 0.829. The van der Waals surface area contributed by atoms with Crippen LogP contribution in [-0.2, 0) is 4.74 Å². The lowest BCUT2D eigenvalue weighted by atomic mass is 9.86. The molecule has 1 aliphatic carbocycles. The smallest absolute Gasteiger partial charge is 0.304 e. The summed E-state index contributed by atoms with van der Waals surface area (Å²) in [6.07, 6.45) is 4.18. The predicted molar refractivity (Wildman–Crippen MR) is 78.5 cm³/mol. The maximum atomic E-state index is 5.39. The lowest BCUT2D eigenvalue weighted by Gasteiger charge is -2.26. The van der Waals surface area contributed by atoms with E-state index in [-0.39, 0.29) is 0 Å². The Hall–Kier alpha value is -0.260. The molecule has 108 valence electrons. The molecule has 0 bridgehead atoms. The van der Waals surface area contributed by atoms with Crippen LogP contribution in [0.3, 0.4) is 0 Å². The van der Waals surface area contributed by atoms with Gasteiger partial charge in [-0.05, 0) is 30.5 Å². The molecule has 0 aromatic rings. The Morgan fingerprint density at radius 1 is 1.37 bits per heavy atom. The summed E-state index contributed by atoms with van der Waals surface area (Å²) in [6, 6.07) is 0.706. The summed E-state index contributed by atoms with van der Waals surface area (Å²) >= 11 is 2.05. The predicted octanol–water partition coefficient (Wildman–Crippen LogP) is -1.77. The van der Waals surface area contributed by atoms with E-state index in [1.165, 1.54) is 44.1 Å². The van der Waals surface area contributed by atoms with Gasteiger partial charge in [0, 0.05) is 0 Å².